The quantitative estimate of drug-likeness (QED) is 0.826. The van der Waals surface area contributed by atoms with Gasteiger partial charge in [0.1, 0.15) is 0 Å². The van der Waals surface area contributed by atoms with Gasteiger partial charge in [-0.25, -0.2) is 0 Å². The second kappa shape index (κ2) is 5.64. The Bertz CT molecular complexity index is 412. The molecule has 1 aromatic heterocycles. The zero-order valence-electron chi connectivity index (χ0n) is 10.0. The predicted molar refractivity (Wildman–Crippen MR) is 64.9 cm³/mol. The number of hydrogen-bond donors (Lipinski definition) is 2. The van der Waals surface area contributed by atoms with Gasteiger partial charge in [-0.15, -0.1) is 0 Å². The van der Waals surface area contributed by atoms with Gasteiger partial charge in [0.15, 0.2) is 0 Å². The van der Waals surface area contributed by atoms with Crippen molar-refractivity contribution in [1.29, 1.82) is 0 Å². The van der Waals surface area contributed by atoms with Gasteiger partial charge in [0.25, 0.3) is 0 Å². The van der Waals surface area contributed by atoms with Crippen LogP contribution in [0.5, 0.6) is 6.01 Å². The van der Waals surface area contributed by atoms with Gasteiger partial charge >= 0.3 is 6.01 Å². The lowest BCUT2D eigenvalue weighted by Gasteiger charge is -2.31. The Kier molecular flexibility index (Phi) is 4.15. The molecule has 0 unspecified atom stereocenters. The van der Waals surface area contributed by atoms with Crippen molar-refractivity contribution in [3.8, 4) is 6.01 Å². The number of aliphatic hydroxyl groups is 1. The molecule has 0 atom stereocenters. The summed E-state index contributed by atoms with van der Waals surface area (Å²) < 4.78 is 10.1. The third kappa shape index (κ3) is 3.41. The van der Waals surface area contributed by atoms with Gasteiger partial charge in [0.2, 0.25) is 11.2 Å². The zero-order valence-corrected chi connectivity index (χ0v) is 10.8. The molecule has 1 aliphatic rings. The van der Waals surface area contributed by atoms with Crippen molar-refractivity contribution in [2.24, 2.45) is 0 Å². The van der Waals surface area contributed by atoms with E-state index in [4.69, 9.17) is 21.1 Å². The largest absolute Gasteiger partial charge is 0.467 e. The number of methoxy groups -OCH3 is 1. The van der Waals surface area contributed by atoms with Crippen LogP contribution in [0.15, 0.2) is 0 Å². The second-order valence-electron chi connectivity index (χ2n) is 4.11. The smallest absolute Gasteiger partial charge is 0.322 e. The molecule has 1 saturated heterocycles. The van der Waals surface area contributed by atoms with Gasteiger partial charge < -0.3 is 19.9 Å². The van der Waals surface area contributed by atoms with Crippen LogP contribution in [-0.4, -0.2) is 52.5 Å². The lowest BCUT2D eigenvalue weighted by Crippen LogP contribution is -2.42. The van der Waals surface area contributed by atoms with E-state index in [1.54, 1.807) is 0 Å². The molecular weight excluding hydrogens is 260 g/mol. The summed E-state index contributed by atoms with van der Waals surface area (Å²) >= 11 is 5.72. The maximum absolute atomic E-state index is 10.3. The lowest BCUT2D eigenvalue weighted by molar-refractivity contribution is -0.0544. The highest BCUT2D eigenvalue weighted by Crippen LogP contribution is 2.21. The molecule has 0 aliphatic carbocycles. The van der Waals surface area contributed by atoms with Gasteiger partial charge in [0, 0.05) is 32.6 Å². The number of rotatable bonds is 4. The van der Waals surface area contributed by atoms with E-state index in [1.807, 2.05) is 0 Å². The van der Waals surface area contributed by atoms with Crippen LogP contribution >= 0.6 is 11.6 Å². The molecule has 0 radical (unpaired) electrons. The van der Waals surface area contributed by atoms with Gasteiger partial charge in [-0.1, -0.05) is 0 Å². The highest BCUT2D eigenvalue weighted by atomic mass is 35.5. The molecule has 2 heterocycles. The Labute approximate surface area is 110 Å². The topological polar surface area (TPSA) is 89.4 Å². The number of nitrogens with zero attached hydrogens (tertiary/aromatic N) is 3. The van der Waals surface area contributed by atoms with Gasteiger partial charge in [0.05, 0.1) is 12.7 Å². The summed E-state index contributed by atoms with van der Waals surface area (Å²) in [5.74, 6) is 0.284. The molecule has 8 heteroatoms. The summed E-state index contributed by atoms with van der Waals surface area (Å²) in [5.41, 5.74) is -0.801. The van der Waals surface area contributed by atoms with Crippen LogP contribution in [0, 0.1) is 0 Å². The molecule has 2 N–H and O–H groups in total. The second-order valence-corrected chi connectivity index (χ2v) is 4.44. The van der Waals surface area contributed by atoms with Crippen molar-refractivity contribution in [2.45, 2.75) is 18.4 Å². The fourth-order valence-corrected chi connectivity index (χ4v) is 1.83. The van der Waals surface area contributed by atoms with Crippen LogP contribution in [0.3, 0.4) is 0 Å². The van der Waals surface area contributed by atoms with E-state index in [1.165, 1.54) is 7.11 Å². The molecule has 2 rings (SSSR count). The van der Waals surface area contributed by atoms with E-state index < -0.39 is 5.60 Å². The summed E-state index contributed by atoms with van der Waals surface area (Å²) in [4.78, 5) is 11.7. The van der Waals surface area contributed by atoms with Gasteiger partial charge in [-0.3, -0.25) is 0 Å². The van der Waals surface area contributed by atoms with Crippen LogP contribution < -0.4 is 10.1 Å². The van der Waals surface area contributed by atoms with E-state index in [2.05, 4.69) is 20.3 Å². The normalized spacial score (nSPS) is 18.4. The number of halogens is 1. The summed E-state index contributed by atoms with van der Waals surface area (Å²) in [6.45, 7) is 1.44. The third-order valence-electron chi connectivity index (χ3n) is 2.77. The van der Waals surface area contributed by atoms with Crippen LogP contribution in [-0.2, 0) is 4.74 Å². The molecule has 18 heavy (non-hydrogen) atoms. The minimum absolute atomic E-state index is 0.0447. The molecule has 0 saturated carbocycles. The van der Waals surface area contributed by atoms with E-state index in [0.29, 0.717) is 32.6 Å². The summed E-state index contributed by atoms with van der Waals surface area (Å²) in [7, 11) is 1.45. The first-order chi connectivity index (χ1) is 8.61. The summed E-state index contributed by atoms with van der Waals surface area (Å²) in [6.07, 6.45) is 1.16. The first-order valence-corrected chi connectivity index (χ1v) is 5.99. The Balaban J connectivity index is 1.98. The molecule has 0 aromatic carbocycles. The Morgan fingerprint density at radius 1 is 1.39 bits per heavy atom. The molecule has 0 amide bonds. The van der Waals surface area contributed by atoms with Crippen molar-refractivity contribution < 1.29 is 14.6 Å². The molecular formula is C10H15ClN4O3. The van der Waals surface area contributed by atoms with Crippen molar-refractivity contribution in [3.05, 3.63) is 5.28 Å². The van der Waals surface area contributed by atoms with Crippen LogP contribution in [0.4, 0.5) is 5.95 Å². The highest BCUT2D eigenvalue weighted by molar-refractivity contribution is 6.28. The Morgan fingerprint density at radius 3 is 2.78 bits per heavy atom. The van der Waals surface area contributed by atoms with Gasteiger partial charge in [-0.05, 0) is 11.6 Å². The fraction of sp³-hybridized carbons (Fsp3) is 0.700. The minimum Gasteiger partial charge on any atom is -0.467 e. The standard InChI is InChI=1S/C10H15ClN4O3/c1-17-9-14-7(11)13-8(15-9)12-6-10(16)2-4-18-5-3-10/h16H,2-6H2,1H3,(H,12,13,14,15). The van der Waals surface area contributed by atoms with Crippen molar-refractivity contribution in [2.75, 3.05) is 32.2 Å². The molecule has 100 valence electrons. The molecule has 1 aromatic rings. The third-order valence-corrected chi connectivity index (χ3v) is 2.94. The monoisotopic (exact) mass is 274 g/mol. The number of nitrogens with one attached hydrogen (secondary N) is 1. The summed E-state index contributed by atoms with van der Waals surface area (Å²) in [6, 6.07) is 0.136. The maximum Gasteiger partial charge on any atom is 0.322 e. The first-order valence-electron chi connectivity index (χ1n) is 5.61. The van der Waals surface area contributed by atoms with Gasteiger partial charge in [-0.2, -0.15) is 15.0 Å². The average Bonchev–Trinajstić information content (AvgIpc) is 2.37. The van der Waals surface area contributed by atoms with E-state index in [0.717, 1.165) is 0 Å². The number of ether oxygens (including phenoxy) is 2. The zero-order chi connectivity index (χ0) is 13.0. The molecule has 1 aliphatic heterocycles. The number of hydrogen-bond acceptors (Lipinski definition) is 7. The summed E-state index contributed by atoms with van der Waals surface area (Å²) in [5, 5.41) is 13.2. The maximum atomic E-state index is 10.3. The van der Waals surface area contributed by atoms with Crippen molar-refractivity contribution in [3.63, 3.8) is 0 Å². The molecule has 0 bridgehead atoms. The first kappa shape index (κ1) is 13.3. The van der Waals surface area contributed by atoms with Crippen molar-refractivity contribution in [1.82, 2.24) is 15.0 Å². The Morgan fingerprint density at radius 2 is 2.11 bits per heavy atom. The van der Waals surface area contributed by atoms with Crippen LogP contribution in [0.1, 0.15) is 12.8 Å². The van der Waals surface area contributed by atoms with E-state index in [-0.39, 0.29) is 17.2 Å². The average molecular weight is 275 g/mol. The van der Waals surface area contributed by atoms with Crippen LogP contribution in [0.25, 0.3) is 0 Å². The fourth-order valence-electron chi connectivity index (χ4n) is 1.67. The predicted octanol–water partition coefficient (Wildman–Crippen LogP) is 0.487. The van der Waals surface area contributed by atoms with Crippen LogP contribution in [0.2, 0.25) is 5.28 Å². The Hall–Kier alpha value is -1.18. The van der Waals surface area contributed by atoms with Crippen molar-refractivity contribution >= 4 is 17.5 Å². The van der Waals surface area contributed by atoms with E-state index >= 15 is 0 Å². The molecule has 0 spiro atoms. The molecule has 7 nitrogen and oxygen atoms in total. The van der Waals surface area contributed by atoms with E-state index in [9.17, 15) is 5.11 Å². The number of aromatic nitrogens is 3. The SMILES string of the molecule is COc1nc(Cl)nc(NCC2(O)CCOCC2)n1. The lowest BCUT2D eigenvalue weighted by atomic mass is 9.94. The minimum atomic E-state index is -0.801. The molecule has 1 fully saturated rings. The number of anilines is 1. The highest BCUT2D eigenvalue weighted by Gasteiger charge is 2.29.